The third-order valence-electron chi connectivity index (χ3n) is 4.50. The maximum absolute atomic E-state index is 3.98. The van der Waals surface area contributed by atoms with Crippen molar-refractivity contribution in [3.05, 3.63) is 6.20 Å². The van der Waals surface area contributed by atoms with Crippen molar-refractivity contribution in [2.24, 2.45) is 0 Å². The van der Waals surface area contributed by atoms with E-state index in [1.165, 1.54) is 96.3 Å². The molecule has 0 aromatic carbocycles. The minimum Gasteiger partial charge on any atom is -0.367 e. The summed E-state index contributed by atoms with van der Waals surface area (Å²) in [5.41, 5.74) is 0. The van der Waals surface area contributed by atoms with E-state index in [-0.39, 0.29) is 12.4 Å². The van der Waals surface area contributed by atoms with E-state index >= 15 is 0 Å². The molecule has 0 aliphatic rings. The van der Waals surface area contributed by atoms with Gasteiger partial charge in [0.15, 0.2) is 5.82 Å². The molecule has 0 saturated heterocycles. The van der Waals surface area contributed by atoms with Crippen molar-refractivity contribution in [3.63, 3.8) is 0 Å². The largest absolute Gasteiger partial charge is 0.367 e. The molecule has 0 atom stereocenters. The lowest BCUT2D eigenvalue weighted by Crippen LogP contribution is -2.01. The predicted molar refractivity (Wildman–Crippen MR) is 107 cm³/mol. The van der Waals surface area contributed by atoms with Gasteiger partial charge < -0.3 is 5.32 Å². The molecule has 0 bridgehead atoms. The van der Waals surface area contributed by atoms with Crippen LogP contribution in [0.4, 0.5) is 5.82 Å². The van der Waals surface area contributed by atoms with Gasteiger partial charge in [0, 0.05) is 6.54 Å². The number of aromatic nitrogens is 3. The van der Waals surface area contributed by atoms with Crippen LogP contribution in [0.2, 0.25) is 0 Å². The normalized spacial score (nSPS) is 10.5. The topological polar surface area (TPSA) is 53.6 Å². The van der Waals surface area contributed by atoms with Crippen LogP contribution in [0.5, 0.6) is 0 Å². The van der Waals surface area contributed by atoms with Crippen LogP contribution in [0.25, 0.3) is 0 Å². The molecule has 1 rings (SSSR count). The van der Waals surface area contributed by atoms with E-state index in [1.807, 2.05) is 0 Å². The Morgan fingerprint density at radius 1 is 0.750 bits per heavy atom. The molecule has 0 radical (unpaired) electrons. The second-order valence-electron chi connectivity index (χ2n) is 6.73. The minimum absolute atomic E-state index is 0. The molecule has 0 spiro atoms. The molecule has 24 heavy (non-hydrogen) atoms. The maximum atomic E-state index is 3.98. The number of nitrogens with zero attached hydrogens (tertiary/aromatic N) is 2. The summed E-state index contributed by atoms with van der Waals surface area (Å²) in [6, 6.07) is 0. The van der Waals surface area contributed by atoms with Crippen LogP contribution < -0.4 is 5.32 Å². The second-order valence-corrected chi connectivity index (χ2v) is 6.73. The molecular weight excluding hydrogens is 320 g/mol. The number of H-pyrrole nitrogens is 1. The Bertz CT molecular complexity index is 330. The van der Waals surface area contributed by atoms with Crippen LogP contribution in [0.1, 0.15) is 103 Å². The summed E-state index contributed by atoms with van der Waals surface area (Å²) in [6.07, 6.45) is 22.9. The number of hydrogen-bond donors (Lipinski definition) is 2. The zero-order valence-corrected chi connectivity index (χ0v) is 16.5. The first-order valence-corrected chi connectivity index (χ1v) is 10.0. The third-order valence-corrected chi connectivity index (χ3v) is 4.50. The van der Waals surface area contributed by atoms with Gasteiger partial charge in [-0.3, -0.25) is 0 Å². The quantitative estimate of drug-likeness (QED) is 0.312. The molecule has 1 aromatic heterocycles. The Kier molecular flexibility index (Phi) is 18.0. The highest BCUT2D eigenvalue weighted by molar-refractivity contribution is 5.85. The van der Waals surface area contributed by atoms with E-state index in [2.05, 4.69) is 27.7 Å². The number of halogens is 1. The average molecular weight is 359 g/mol. The molecule has 0 fully saturated rings. The van der Waals surface area contributed by atoms with Crippen LogP contribution in [-0.2, 0) is 0 Å². The standard InChI is InChI=1S/C19H38N4.ClH/c1-2-3-4-5-6-7-8-9-10-11-12-13-14-15-16-17-20-19-18-21-23-22-19;/h18H,2-17H2,1H3,(H2,20,21,22,23);1H. The molecule has 0 aliphatic carbocycles. The number of aromatic amines is 1. The summed E-state index contributed by atoms with van der Waals surface area (Å²) in [5.74, 6) is 0.857. The van der Waals surface area contributed by atoms with Gasteiger partial charge in [0.1, 0.15) is 0 Å². The number of rotatable bonds is 17. The lowest BCUT2D eigenvalue weighted by atomic mass is 10.0. The summed E-state index contributed by atoms with van der Waals surface area (Å²) in [7, 11) is 0. The van der Waals surface area contributed by atoms with Crippen LogP contribution >= 0.6 is 12.4 Å². The fraction of sp³-hybridized carbons (Fsp3) is 0.895. The van der Waals surface area contributed by atoms with E-state index in [9.17, 15) is 0 Å². The fourth-order valence-corrected chi connectivity index (χ4v) is 3.00. The maximum Gasteiger partial charge on any atom is 0.168 e. The third kappa shape index (κ3) is 14.8. The van der Waals surface area contributed by atoms with E-state index in [4.69, 9.17) is 0 Å². The zero-order valence-electron chi connectivity index (χ0n) is 15.7. The molecular formula is C19H39ClN4. The van der Waals surface area contributed by atoms with Crippen molar-refractivity contribution in [2.45, 2.75) is 103 Å². The summed E-state index contributed by atoms with van der Waals surface area (Å²) in [5, 5.41) is 13.6. The lowest BCUT2D eigenvalue weighted by Gasteiger charge is -2.04. The Labute approximate surface area is 155 Å². The highest BCUT2D eigenvalue weighted by atomic mass is 35.5. The monoisotopic (exact) mass is 358 g/mol. The Morgan fingerprint density at radius 3 is 1.62 bits per heavy atom. The lowest BCUT2D eigenvalue weighted by molar-refractivity contribution is 0.533. The second kappa shape index (κ2) is 18.6. The molecule has 4 nitrogen and oxygen atoms in total. The molecule has 5 heteroatoms. The first-order valence-electron chi connectivity index (χ1n) is 10.0. The molecule has 0 amide bonds. The number of unbranched alkanes of at least 4 members (excludes halogenated alkanes) is 14. The summed E-state index contributed by atoms with van der Waals surface area (Å²) >= 11 is 0. The highest BCUT2D eigenvalue weighted by Gasteiger charge is 1.95. The smallest absolute Gasteiger partial charge is 0.168 e. The van der Waals surface area contributed by atoms with Crippen molar-refractivity contribution in [3.8, 4) is 0 Å². The van der Waals surface area contributed by atoms with E-state index < -0.39 is 0 Å². The molecule has 0 saturated carbocycles. The van der Waals surface area contributed by atoms with Gasteiger partial charge in [-0.05, 0) is 6.42 Å². The number of nitrogens with one attached hydrogen (secondary N) is 2. The van der Waals surface area contributed by atoms with Gasteiger partial charge in [-0.25, -0.2) is 0 Å². The predicted octanol–water partition coefficient (Wildman–Crippen LogP) is 6.51. The first kappa shape index (κ1) is 23.2. The summed E-state index contributed by atoms with van der Waals surface area (Å²) < 4.78 is 0. The minimum atomic E-state index is 0. The summed E-state index contributed by atoms with van der Waals surface area (Å²) in [6.45, 7) is 3.29. The van der Waals surface area contributed by atoms with Crippen LogP contribution in [-0.4, -0.2) is 22.0 Å². The number of hydrogen-bond acceptors (Lipinski definition) is 3. The van der Waals surface area contributed by atoms with E-state index in [0.717, 1.165) is 12.4 Å². The molecule has 1 aromatic rings. The molecule has 2 N–H and O–H groups in total. The van der Waals surface area contributed by atoms with Crippen molar-refractivity contribution in [1.82, 2.24) is 15.4 Å². The zero-order chi connectivity index (χ0) is 16.4. The number of anilines is 1. The average Bonchev–Trinajstić information content (AvgIpc) is 3.08. The van der Waals surface area contributed by atoms with Gasteiger partial charge in [0.25, 0.3) is 0 Å². The van der Waals surface area contributed by atoms with E-state index in [0.29, 0.717) is 0 Å². The van der Waals surface area contributed by atoms with Gasteiger partial charge >= 0.3 is 0 Å². The SMILES string of the molecule is CCCCCCCCCCCCCCCCCNc1cn[nH]n1.Cl. The van der Waals surface area contributed by atoms with Crippen molar-refractivity contribution in [1.29, 1.82) is 0 Å². The van der Waals surface area contributed by atoms with Gasteiger partial charge in [-0.15, -0.1) is 17.5 Å². The Balaban J connectivity index is 0.00000529. The Hall–Kier alpha value is -0.770. The molecule has 142 valence electrons. The van der Waals surface area contributed by atoms with Crippen LogP contribution in [0.15, 0.2) is 6.20 Å². The van der Waals surface area contributed by atoms with Crippen LogP contribution in [0.3, 0.4) is 0 Å². The van der Waals surface area contributed by atoms with Gasteiger partial charge in [0.2, 0.25) is 0 Å². The van der Waals surface area contributed by atoms with Gasteiger partial charge in [0.05, 0.1) is 6.20 Å². The fourth-order valence-electron chi connectivity index (χ4n) is 3.00. The van der Waals surface area contributed by atoms with E-state index in [1.54, 1.807) is 6.20 Å². The molecule has 1 heterocycles. The van der Waals surface area contributed by atoms with Crippen molar-refractivity contribution < 1.29 is 0 Å². The Morgan fingerprint density at radius 2 is 1.21 bits per heavy atom. The van der Waals surface area contributed by atoms with Crippen molar-refractivity contribution >= 4 is 18.2 Å². The van der Waals surface area contributed by atoms with Gasteiger partial charge in [-0.2, -0.15) is 10.3 Å². The summed E-state index contributed by atoms with van der Waals surface area (Å²) in [4.78, 5) is 0. The molecule has 0 unspecified atom stereocenters. The highest BCUT2D eigenvalue weighted by Crippen LogP contribution is 2.13. The molecule has 0 aliphatic heterocycles. The van der Waals surface area contributed by atoms with Gasteiger partial charge in [-0.1, -0.05) is 96.8 Å². The first-order chi connectivity index (χ1) is 11.4. The van der Waals surface area contributed by atoms with Crippen molar-refractivity contribution in [2.75, 3.05) is 11.9 Å². The van der Waals surface area contributed by atoms with Crippen LogP contribution in [0, 0.1) is 0 Å².